The van der Waals surface area contributed by atoms with Crippen LogP contribution in [0.25, 0.3) is 0 Å². The van der Waals surface area contributed by atoms with Crippen LogP contribution in [0, 0.1) is 23.5 Å². The maximum atomic E-state index is 14.9. The van der Waals surface area contributed by atoms with Gasteiger partial charge in [0.1, 0.15) is 5.70 Å². The number of aliphatic carboxylic acids is 1. The van der Waals surface area contributed by atoms with Gasteiger partial charge in [-0.3, -0.25) is 19.3 Å². The lowest BCUT2D eigenvalue weighted by Crippen LogP contribution is -2.63. The van der Waals surface area contributed by atoms with Crippen LogP contribution in [0.15, 0.2) is 35.5 Å². The largest absolute Gasteiger partial charge is 0.493 e. The number of amides is 3. The van der Waals surface area contributed by atoms with Gasteiger partial charge >= 0.3 is 5.97 Å². The molecular formula is C35H44F2N4O10. The van der Waals surface area contributed by atoms with E-state index in [2.05, 4.69) is 10.6 Å². The second kappa shape index (κ2) is 16.8. The quantitative estimate of drug-likeness (QED) is 0.132. The van der Waals surface area contributed by atoms with Crippen LogP contribution >= 0.6 is 0 Å². The summed E-state index contributed by atoms with van der Waals surface area (Å²) in [6.07, 6.45) is -0.211. The number of carbonyl (C=O) groups excluding carboxylic acids is 3. The number of nitrogens with zero attached hydrogens (tertiary/aromatic N) is 2. The Kier molecular flexibility index (Phi) is 12.8. The van der Waals surface area contributed by atoms with E-state index in [-0.39, 0.29) is 65.4 Å². The van der Waals surface area contributed by atoms with E-state index in [4.69, 9.17) is 18.9 Å². The highest BCUT2D eigenvalue weighted by Gasteiger charge is 2.59. The SMILES string of the molecule is COc1ccc(C(=O)NCCCN(CCCNC(=O)c2ccc(OC)c(OC)c2F)CC2=C(C(=O)O)N3C(=O)[C@H]([C@@H](C)O)[C@H]3[C@H]2C)c(F)c1OC. The number of carboxylic acids is 1. The summed E-state index contributed by atoms with van der Waals surface area (Å²) in [6, 6.07) is 4.92. The van der Waals surface area contributed by atoms with Crippen LogP contribution in [-0.4, -0.2) is 117 Å². The summed E-state index contributed by atoms with van der Waals surface area (Å²) < 4.78 is 50.1. The number of carbonyl (C=O) groups is 4. The van der Waals surface area contributed by atoms with Crippen molar-refractivity contribution >= 4 is 23.7 Å². The van der Waals surface area contributed by atoms with Gasteiger partial charge in [0.15, 0.2) is 34.6 Å². The number of methoxy groups -OCH3 is 4. The third-order valence-corrected chi connectivity index (χ3v) is 9.24. The lowest BCUT2D eigenvalue weighted by Gasteiger charge is -2.46. The fourth-order valence-electron chi connectivity index (χ4n) is 6.69. The van der Waals surface area contributed by atoms with Crippen molar-refractivity contribution in [3.63, 3.8) is 0 Å². The first-order valence-electron chi connectivity index (χ1n) is 16.4. The molecule has 3 amide bonds. The maximum Gasteiger partial charge on any atom is 0.352 e. The van der Waals surface area contributed by atoms with Crippen molar-refractivity contribution in [1.82, 2.24) is 20.4 Å². The summed E-state index contributed by atoms with van der Waals surface area (Å²) in [5, 5.41) is 25.7. The molecule has 2 aliphatic heterocycles. The number of hydrogen-bond donors (Lipinski definition) is 4. The molecule has 16 heteroatoms. The predicted octanol–water partition coefficient (Wildman–Crippen LogP) is 2.44. The van der Waals surface area contributed by atoms with E-state index in [9.17, 15) is 38.2 Å². The van der Waals surface area contributed by atoms with Crippen molar-refractivity contribution in [3.05, 3.63) is 58.3 Å². The first-order chi connectivity index (χ1) is 24.3. The van der Waals surface area contributed by atoms with Gasteiger partial charge in [-0.2, -0.15) is 0 Å². The summed E-state index contributed by atoms with van der Waals surface area (Å²) in [6.45, 7) is 4.42. The Morgan fingerprint density at radius 3 is 1.73 bits per heavy atom. The van der Waals surface area contributed by atoms with Crippen molar-refractivity contribution in [3.8, 4) is 23.0 Å². The number of nitrogens with one attached hydrogen (secondary N) is 2. The Morgan fingerprint density at radius 1 is 0.863 bits per heavy atom. The molecule has 1 fully saturated rings. The van der Waals surface area contributed by atoms with Crippen LogP contribution in [0.4, 0.5) is 8.78 Å². The van der Waals surface area contributed by atoms with E-state index in [0.717, 1.165) is 0 Å². The monoisotopic (exact) mass is 718 g/mol. The molecule has 2 heterocycles. The molecule has 4 rings (SSSR count). The molecule has 0 aliphatic carbocycles. The van der Waals surface area contributed by atoms with E-state index in [1.54, 1.807) is 0 Å². The van der Waals surface area contributed by atoms with Gasteiger partial charge in [0.05, 0.1) is 57.6 Å². The van der Waals surface area contributed by atoms with Crippen molar-refractivity contribution in [2.45, 2.75) is 38.8 Å². The number of aliphatic hydroxyl groups is 1. The Bertz CT molecular complexity index is 1600. The molecule has 1 saturated heterocycles. The third-order valence-electron chi connectivity index (χ3n) is 9.24. The zero-order valence-corrected chi connectivity index (χ0v) is 29.4. The highest BCUT2D eigenvalue weighted by Crippen LogP contribution is 2.47. The van der Waals surface area contributed by atoms with Gasteiger partial charge in [-0.1, -0.05) is 6.92 Å². The predicted molar refractivity (Wildman–Crippen MR) is 179 cm³/mol. The fraction of sp³-hybridized carbons (Fsp3) is 0.486. The second-order valence-corrected chi connectivity index (χ2v) is 12.3. The standard InChI is InChI=1S/C35H44F2N4O10/c1-18-22(29(35(46)47)41-28(18)25(19(2)42)34(41)45)17-40(15-7-13-38-32(43)20-9-11-23(48-3)30(50-5)26(20)36)16-8-14-39-33(44)21-10-12-24(49-4)31(51-6)27(21)37/h9-12,18-19,25,28,42H,7-8,13-17H2,1-6H3,(H,38,43)(H,39,44)(H,46,47)/t18-,19+,25+,28+/m0/s1. The van der Waals surface area contributed by atoms with Crippen molar-refractivity contribution in [2.75, 3.05) is 61.2 Å². The summed E-state index contributed by atoms with van der Waals surface area (Å²) >= 11 is 0. The number of fused-ring (bicyclic) bond motifs is 1. The Morgan fingerprint density at radius 2 is 1.33 bits per heavy atom. The topological polar surface area (TPSA) is 176 Å². The Balaban J connectivity index is 1.45. The van der Waals surface area contributed by atoms with Crippen LogP contribution in [-0.2, 0) is 9.59 Å². The lowest BCUT2D eigenvalue weighted by molar-refractivity contribution is -0.163. The number of halogens is 2. The third kappa shape index (κ3) is 7.86. The number of carboxylic acid groups (broad SMARTS) is 1. The van der Waals surface area contributed by atoms with E-state index in [1.165, 1.54) is 64.5 Å². The first-order valence-corrected chi connectivity index (χ1v) is 16.4. The molecular weight excluding hydrogens is 674 g/mol. The van der Waals surface area contributed by atoms with Crippen LogP contribution in [0.2, 0.25) is 0 Å². The van der Waals surface area contributed by atoms with Gasteiger partial charge in [0, 0.05) is 38.6 Å². The zero-order chi connectivity index (χ0) is 37.6. The molecule has 278 valence electrons. The smallest absolute Gasteiger partial charge is 0.352 e. The van der Waals surface area contributed by atoms with Gasteiger partial charge in [-0.15, -0.1) is 0 Å². The van der Waals surface area contributed by atoms with Crippen LogP contribution < -0.4 is 29.6 Å². The van der Waals surface area contributed by atoms with Crippen LogP contribution in [0.5, 0.6) is 23.0 Å². The summed E-state index contributed by atoms with van der Waals surface area (Å²) in [4.78, 5) is 54.1. The number of rotatable bonds is 18. The van der Waals surface area contributed by atoms with Crippen LogP contribution in [0.1, 0.15) is 47.4 Å². The van der Waals surface area contributed by atoms with E-state index < -0.39 is 53.4 Å². The molecule has 2 aromatic rings. The molecule has 2 aliphatic rings. The summed E-state index contributed by atoms with van der Waals surface area (Å²) in [5.74, 6) is -6.01. The van der Waals surface area contributed by atoms with Gasteiger partial charge in [0.25, 0.3) is 11.8 Å². The lowest BCUT2D eigenvalue weighted by atomic mass is 9.77. The van der Waals surface area contributed by atoms with E-state index in [1.807, 2.05) is 11.8 Å². The van der Waals surface area contributed by atoms with Gasteiger partial charge in [-0.05, 0) is 49.6 Å². The minimum atomic E-state index is -1.26. The highest BCUT2D eigenvalue weighted by molar-refractivity contribution is 6.00. The molecule has 0 unspecified atom stereocenters. The van der Waals surface area contributed by atoms with Crippen molar-refractivity contribution < 1.29 is 57.1 Å². The molecule has 0 aromatic heterocycles. The first kappa shape index (κ1) is 38.8. The average molecular weight is 719 g/mol. The average Bonchev–Trinajstić information content (AvgIpc) is 3.34. The van der Waals surface area contributed by atoms with E-state index >= 15 is 0 Å². The molecule has 2 aromatic carbocycles. The Hall–Kier alpha value is -4.96. The number of benzene rings is 2. The van der Waals surface area contributed by atoms with E-state index in [0.29, 0.717) is 31.5 Å². The second-order valence-electron chi connectivity index (χ2n) is 12.3. The molecule has 0 saturated carbocycles. The van der Waals surface area contributed by atoms with Crippen LogP contribution in [0.3, 0.4) is 0 Å². The summed E-state index contributed by atoms with van der Waals surface area (Å²) in [7, 11) is 5.22. The van der Waals surface area contributed by atoms with Gasteiger partial charge in [0.2, 0.25) is 5.91 Å². The summed E-state index contributed by atoms with van der Waals surface area (Å²) in [5.41, 5.74) is -0.0705. The minimum Gasteiger partial charge on any atom is -0.493 e. The normalized spacial score (nSPS) is 18.6. The number of aliphatic hydroxyl groups excluding tert-OH is 1. The molecule has 4 N–H and O–H groups in total. The zero-order valence-electron chi connectivity index (χ0n) is 29.4. The van der Waals surface area contributed by atoms with Gasteiger partial charge < -0.3 is 44.7 Å². The maximum absolute atomic E-state index is 14.9. The minimum absolute atomic E-state index is 0.117. The number of ether oxygens (including phenoxy) is 4. The molecule has 0 spiro atoms. The Labute approximate surface area is 294 Å². The van der Waals surface area contributed by atoms with Crippen molar-refractivity contribution in [2.24, 2.45) is 11.8 Å². The molecule has 14 nitrogen and oxygen atoms in total. The highest BCUT2D eigenvalue weighted by atomic mass is 19.1. The molecule has 51 heavy (non-hydrogen) atoms. The fourth-order valence-corrected chi connectivity index (χ4v) is 6.69. The molecule has 0 radical (unpaired) electrons. The van der Waals surface area contributed by atoms with Gasteiger partial charge in [-0.25, -0.2) is 13.6 Å². The number of hydrogen-bond acceptors (Lipinski definition) is 10. The molecule has 0 bridgehead atoms. The molecule has 4 atom stereocenters. The number of β-lactam (4-membered cyclic amide) rings is 1. The van der Waals surface area contributed by atoms with Crippen molar-refractivity contribution in [1.29, 1.82) is 0 Å².